The molecule has 0 atom stereocenters. The molecule has 0 aliphatic carbocycles. The highest BCUT2D eigenvalue weighted by Gasteiger charge is 2.33. The fraction of sp³-hybridized carbons (Fsp3) is 0.222. The zero-order chi connectivity index (χ0) is 24.4. The molecule has 7 heteroatoms. The van der Waals surface area contributed by atoms with E-state index in [1.807, 2.05) is 67.8 Å². The molecule has 2 aromatic carbocycles. The lowest BCUT2D eigenvalue weighted by atomic mass is 10.1. The van der Waals surface area contributed by atoms with Gasteiger partial charge in [0.25, 0.3) is 5.91 Å². The summed E-state index contributed by atoms with van der Waals surface area (Å²) < 4.78 is 7.11. The van der Waals surface area contributed by atoms with Crippen molar-refractivity contribution in [1.82, 2.24) is 14.8 Å². The Labute approximate surface area is 198 Å². The summed E-state index contributed by atoms with van der Waals surface area (Å²) in [7, 11) is 0. The fourth-order valence-electron chi connectivity index (χ4n) is 4.18. The predicted molar refractivity (Wildman–Crippen MR) is 129 cm³/mol. The topological polar surface area (TPSA) is 80.6 Å². The van der Waals surface area contributed by atoms with E-state index in [2.05, 4.69) is 5.32 Å². The first-order valence-electron chi connectivity index (χ1n) is 11.1. The Kier molecular flexibility index (Phi) is 6.36. The zero-order valence-electron chi connectivity index (χ0n) is 19.7. The van der Waals surface area contributed by atoms with Gasteiger partial charge in [-0.25, -0.2) is 9.59 Å². The molecular formula is C27H27N3O4. The number of rotatable bonds is 6. The number of nitrogens with one attached hydrogen (secondary N) is 1. The van der Waals surface area contributed by atoms with E-state index in [1.165, 1.54) is 4.90 Å². The largest absolute Gasteiger partial charge is 0.462 e. The van der Waals surface area contributed by atoms with E-state index in [1.54, 1.807) is 25.1 Å². The van der Waals surface area contributed by atoms with Gasteiger partial charge in [0.2, 0.25) is 0 Å². The molecule has 0 bridgehead atoms. The third-order valence-corrected chi connectivity index (χ3v) is 5.77. The Morgan fingerprint density at radius 3 is 2.53 bits per heavy atom. The van der Waals surface area contributed by atoms with Crippen molar-refractivity contribution in [3.8, 4) is 5.69 Å². The minimum atomic E-state index is -0.436. The lowest BCUT2D eigenvalue weighted by Gasteiger charge is -2.12. The molecule has 0 unspecified atom stereocenters. The summed E-state index contributed by atoms with van der Waals surface area (Å²) >= 11 is 0. The Bertz CT molecular complexity index is 1320. The van der Waals surface area contributed by atoms with Gasteiger partial charge in [0.15, 0.2) is 0 Å². The molecule has 1 aromatic heterocycles. The van der Waals surface area contributed by atoms with Crippen molar-refractivity contribution in [2.45, 2.75) is 34.2 Å². The van der Waals surface area contributed by atoms with Crippen LogP contribution in [0.15, 0.2) is 60.3 Å². The second kappa shape index (κ2) is 9.39. The lowest BCUT2D eigenvalue weighted by Crippen LogP contribution is -2.30. The van der Waals surface area contributed by atoms with E-state index in [0.29, 0.717) is 12.2 Å². The van der Waals surface area contributed by atoms with Gasteiger partial charge >= 0.3 is 12.0 Å². The number of urea groups is 1. The van der Waals surface area contributed by atoms with Crippen LogP contribution in [0.2, 0.25) is 0 Å². The summed E-state index contributed by atoms with van der Waals surface area (Å²) in [6.45, 7) is 8.14. The maximum absolute atomic E-state index is 13.0. The first-order chi connectivity index (χ1) is 16.3. The summed E-state index contributed by atoms with van der Waals surface area (Å²) in [5.41, 5.74) is 6.09. The molecule has 1 aliphatic rings. The number of amides is 3. The van der Waals surface area contributed by atoms with Crippen molar-refractivity contribution in [3.63, 3.8) is 0 Å². The summed E-state index contributed by atoms with van der Waals surface area (Å²) in [6, 6.07) is 16.5. The lowest BCUT2D eigenvalue weighted by molar-refractivity contribution is -0.123. The maximum atomic E-state index is 13.0. The number of benzene rings is 2. The molecule has 1 aliphatic heterocycles. The summed E-state index contributed by atoms with van der Waals surface area (Å²) in [5, 5.41) is 2.70. The van der Waals surface area contributed by atoms with Crippen LogP contribution in [0.5, 0.6) is 0 Å². The molecule has 2 heterocycles. The number of hydrogen-bond acceptors (Lipinski definition) is 4. The molecule has 34 heavy (non-hydrogen) atoms. The number of aryl methyl sites for hydroxylation is 2. The van der Waals surface area contributed by atoms with Gasteiger partial charge in [0, 0.05) is 17.1 Å². The first-order valence-corrected chi connectivity index (χ1v) is 11.1. The zero-order valence-corrected chi connectivity index (χ0v) is 19.7. The maximum Gasteiger partial charge on any atom is 0.338 e. The molecule has 3 amide bonds. The molecule has 174 valence electrons. The quantitative estimate of drug-likeness (QED) is 0.331. The van der Waals surface area contributed by atoms with Crippen molar-refractivity contribution < 1.29 is 19.1 Å². The summed E-state index contributed by atoms with van der Waals surface area (Å²) in [6.07, 6.45) is 1.70. The first kappa shape index (κ1) is 23.0. The molecule has 1 saturated heterocycles. The summed E-state index contributed by atoms with van der Waals surface area (Å²) in [5.74, 6) is -0.734. The van der Waals surface area contributed by atoms with E-state index in [0.717, 1.165) is 33.8 Å². The van der Waals surface area contributed by atoms with Crippen LogP contribution in [0, 0.1) is 20.8 Å². The third kappa shape index (κ3) is 4.50. The number of nitrogens with zero attached hydrogens (tertiary/aromatic N) is 2. The van der Waals surface area contributed by atoms with Crippen LogP contribution in [0.25, 0.3) is 11.8 Å². The number of hydrogen-bond donors (Lipinski definition) is 1. The molecule has 0 saturated carbocycles. The van der Waals surface area contributed by atoms with Crippen LogP contribution in [0.3, 0.4) is 0 Å². The highest BCUT2D eigenvalue weighted by molar-refractivity contribution is 6.14. The normalized spacial score (nSPS) is 14.6. The second-order valence-electron chi connectivity index (χ2n) is 8.30. The molecule has 7 nitrogen and oxygen atoms in total. The number of ether oxygens (including phenoxy) is 1. The number of aromatic nitrogens is 1. The van der Waals surface area contributed by atoms with Crippen LogP contribution < -0.4 is 5.32 Å². The third-order valence-electron chi connectivity index (χ3n) is 5.77. The van der Waals surface area contributed by atoms with Gasteiger partial charge < -0.3 is 14.6 Å². The highest BCUT2D eigenvalue weighted by atomic mass is 16.5. The number of imide groups is 1. The van der Waals surface area contributed by atoms with Gasteiger partial charge in [-0.05, 0) is 69.2 Å². The van der Waals surface area contributed by atoms with E-state index < -0.39 is 6.03 Å². The average molecular weight is 458 g/mol. The van der Waals surface area contributed by atoms with Crippen LogP contribution in [-0.4, -0.2) is 34.0 Å². The van der Waals surface area contributed by atoms with Gasteiger partial charge in [-0.3, -0.25) is 9.69 Å². The summed E-state index contributed by atoms with van der Waals surface area (Å²) in [4.78, 5) is 38.9. The van der Waals surface area contributed by atoms with Gasteiger partial charge in [0.05, 0.1) is 18.7 Å². The molecule has 3 aromatic rings. The smallest absolute Gasteiger partial charge is 0.338 e. The Balaban J connectivity index is 1.62. The minimum absolute atomic E-state index is 0.212. The van der Waals surface area contributed by atoms with Crippen molar-refractivity contribution in [3.05, 3.63) is 93.9 Å². The SMILES string of the molecule is CCOC(=O)c1cccc(-n2c(C)cc(/C=C3/NC(=O)N(Cc4cccc(C)c4)C3=O)c2C)c1. The van der Waals surface area contributed by atoms with Crippen molar-refractivity contribution in [2.24, 2.45) is 0 Å². The molecule has 1 N–H and O–H groups in total. The van der Waals surface area contributed by atoms with Crippen LogP contribution in [0.4, 0.5) is 4.79 Å². The molecular weight excluding hydrogens is 430 g/mol. The van der Waals surface area contributed by atoms with E-state index in [4.69, 9.17) is 4.74 Å². The van der Waals surface area contributed by atoms with Crippen molar-refractivity contribution in [1.29, 1.82) is 0 Å². The standard InChI is InChI=1S/C27H27N3O4/c1-5-34-26(32)21-10-7-11-23(14-21)30-18(3)13-22(19(30)4)15-24-25(31)29(27(33)28-24)16-20-9-6-8-17(2)12-20/h6-15H,5,16H2,1-4H3,(H,28,33)/b24-15+. The Morgan fingerprint density at radius 1 is 1.03 bits per heavy atom. The fourth-order valence-corrected chi connectivity index (χ4v) is 4.18. The monoisotopic (exact) mass is 457 g/mol. The second-order valence-corrected chi connectivity index (χ2v) is 8.30. The highest BCUT2D eigenvalue weighted by Crippen LogP contribution is 2.25. The molecule has 4 rings (SSSR count). The van der Waals surface area contributed by atoms with Gasteiger partial charge in [0.1, 0.15) is 5.70 Å². The Hall–Kier alpha value is -4.13. The van der Waals surface area contributed by atoms with Crippen molar-refractivity contribution in [2.75, 3.05) is 6.61 Å². The predicted octanol–water partition coefficient (Wildman–Crippen LogP) is 4.67. The van der Waals surface area contributed by atoms with E-state index in [9.17, 15) is 14.4 Å². The van der Waals surface area contributed by atoms with Crippen LogP contribution in [0.1, 0.15) is 45.4 Å². The molecule has 1 fully saturated rings. The number of carbonyl (C=O) groups excluding carboxylic acids is 3. The minimum Gasteiger partial charge on any atom is -0.462 e. The van der Waals surface area contributed by atoms with Gasteiger partial charge in [-0.2, -0.15) is 0 Å². The number of esters is 1. The van der Waals surface area contributed by atoms with Gasteiger partial charge in [-0.15, -0.1) is 0 Å². The van der Waals surface area contributed by atoms with Crippen LogP contribution >= 0.6 is 0 Å². The van der Waals surface area contributed by atoms with E-state index >= 15 is 0 Å². The molecule has 0 spiro atoms. The van der Waals surface area contributed by atoms with Gasteiger partial charge in [-0.1, -0.05) is 35.9 Å². The van der Waals surface area contributed by atoms with E-state index in [-0.39, 0.29) is 24.1 Å². The molecule has 0 radical (unpaired) electrons. The average Bonchev–Trinajstić information content (AvgIpc) is 3.23. The Morgan fingerprint density at radius 2 is 1.79 bits per heavy atom. The number of carbonyl (C=O) groups is 3. The van der Waals surface area contributed by atoms with Crippen molar-refractivity contribution >= 4 is 24.0 Å². The van der Waals surface area contributed by atoms with Crippen LogP contribution in [-0.2, 0) is 16.1 Å².